The van der Waals surface area contributed by atoms with E-state index < -0.39 is 10.2 Å². The highest BCUT2D eigenvalue weighted by atomic mass is 32.2. The molecule has 6 heteroatoms. The Kier molecular flexibility index (Phi) is 2.55. The largest absolute Gasteiger partial charge is 0.326 e. The molecule has 2 fully saturated rings. The molecule has 0 aromatic heterocycles. The van der Waals surface area contributed by atoms with Crippen LogP contribution in [0.4, 0.5) is 0 Å². The topological polar surface area (TPSA) is 75.4 Å². The van der Waals surface area contributed by atoms with Crippen LogP contribution in [0.25, 0.3) is 0 Å². The molecule has 0 unspecified atom stereocenters. The highest BCUT2D eigenvalue weighted by Gasteiger charge is 2.39. The summed E-state index contributed by atoms with van der Waals surface area (Å²) in [4.78, 5) is 0. The van der Waals surface area contributed by atoms with Gasteiger partial charge < -0.3 is 5.73 Å². The van der Waals surface area contributed by atoms with Gasteiger partial charge in [-0.15, -0.1) is 0 Å². The average Bonchev–Trinajstić information content (AvgIpc) is 2.61. The smallest absolute Gasteiger partial charge is 0.279 e. The minimum Gasteiger partial charge on any atom is -0.326 e. The predicted molar refractivity (Wildman–Crippen MR) is 53.8 cm³/mol. The second kappa shape index (κ2) is 3.44. The molecule has 0 amide bonds. The Morgan fingerprint density at radius 2 is 2.14 bits per heavy atom. The highest BCUT2D eigenvalue weighted by Crippen LogP contribution is 2.22. The summed E-state index contributed by atoms with van der Waals surface area (Å²) in [6.07, 6.45) is 1.72. The van der Waals surface area contributed by atoms with Gasteiger partial charge in [-0.3, -0.25) is 0 Å². The molecule has 14 heavy (non-hydrogen) atoms. The van der Waals surface area contributed by atoms with Crippen LogP contribution < -0.4 is 10.5 Å². The molecule has 0 aromatic carbocycles. The first-order chi connectivity index (χ1) is 6.49. The summed E-state index contributed by atoms with van der Waals surface area (Å²) in [5, 5.41) is 0. The molecule has 0 spiro atoms. The Morgan fingerprint density at radius 1 is 1.50 bits per heavy atom. The Hall–Kier alpha value is -0.170. The fourth-order valence-corrected chi connectivity index (χ4v) is 3.33. The van der Waals surface area contributed by atoms with Gasteiger partial charge in [-0.05, 0) is 18.8 Å². The number of hydrogen-bond acceptors (Lipinski definition) is 3. The molecule has 1 aliphatic heterocycles. The Bertz CT molecular complexity index is 317. The van der Waals surface area contributed by atoms with Crippen LogP contribution >= 0.6 is 0 Å². The minimum absolute atomic E-state index is 0.0183. The van der Waals surface area contributed by atoms with Crippen molar-refractivity contribution >= 4 is 10.2 Å². The van der Waals surface area contributed by atoms with Crippen LogP contribution in [-0.2, 0) is 10.2 Å². The van der Waals surface area contributed by atoms with Crippen molar-refractivity contribution in [1.82, 2.24) is 9.03 Å². The molecule has 1 saturated carbocycles. The SMILES string of the molecule is C[C@@H]1CCN(S(=O)(=O)N[C@H]2C[C@H]2N)C1. The van der Waals surface area contributed by atoms with E-state index in [4.69, 9.17) is 5.73 Å². The zero-order chi connectivity index (χ0) is 10.3. The molecule has 82 valence electrons. The van der Waals surface area contributed by atoms with Crippen molar-refractivity contribution in [3.05, 3.63) is 0 Å². The maximum atomic E-state index is 11.7. The van der Waals surface area contributed by atoms with Crippen LogP contribution in [0.1, 0.15) is 19.8 Å². The third-order valence-electron chi connectivity index (χ3n) is 2.87. The Morgan fingerprint density at radius 3 is 2.57 bits per heavy atom. The third-order valence-corrected chi connectivity index (χ3v) is 4.48. The molecule has 1 aliphatic carbocycles. The molecule has 0 radical (unpaired) electrons. The molecule has 3 N–H and O–H groups in total. The van der Waals surface area contributed by atoms with E-state index in [1.54, 1.807) is 0 Å². The number of hydrogen-bond donors (Lipinski definition) is 2. The van der Waals surface area contributed by atoms with E-state index >= 15 is 0 Å². The van der Waals surface area contributed by atoms with Crippen LogP contribution in [0.15, 0.2) is 0 Å². The van der Waals surface area contributed by atoms with Crippen molar-refractivity contribution in [3.8, 4) is 0 Å². The molecule has 2 aliphatic rings. The molecular weight excluding hydrogens is 202 g/mol. The first kappa shape index (κ1) is 10.4. The molecule has 0 aromatic rings. The molecule has 1 heterocycles. The van der Waals surface area contributed by atoms with Crippen LogP contribution in [0, 0.1) is 5.92 Å². The van der Waals surface area contributed by atoms with Crippen LogP contribution in [0.2, 0.25) is 0 Å². The van der Waals surface area contributed by atoms with E-state index in [1.165, 1.54) is 4.31 Å². The zero-order valence-electron chi connectivity index (χ0n) is 8.31. The lowest BCUT2D eigenvalue weighted by Gasteiger charge is -2.16. The number of rotatable bonds is 3. The Balaban J connectivity index is 1.94. The quantitative estimate of drug-likeness (QED) is 0.656. The van der Waals surface area contributed by atoms with Crippen LogP contribution in [0.5, 0.6) is 0 Å². The van der Waals surface area contributed by atoms with Crippen molar-refractivity contribution in [2.45, 2.75) is 31.8 Å². The van der Waals surface area contributed by atoms with Gasteiger partial charge in [-0.2, -0.15) is 17.4 Å². The first-order valence-electron chi connectivity index (χ1n) is 5.02. The molecule has 0 bridgehead atoms. The first-order valence-corrected chi connectivity index (χ1v) is 6.46. The minimum atomic E-state index is -3.26. The normalized spacial score (nSPS) is 38.9. The van der Waals surface area contributed by atoms with E-state index in [0.717, 1.165) is 12.8 Å². The van der Waals surface area contributed by atoms with E-state index in [0.29, 0.717) is 19.0 Å². The van der Waals surface area contributed by atoms with Gasteiger partial charge in [-0.1, -0.05) is 6.92 Å². The lowest BCUT2D eigenvalue weighted by molar-refractivity contribution is 0.452. The van der Waals surface area contributed by atoms with E-state index in [1.807, 2.05) is 0 Å². The highest BCUT2D eigenvalue weighted by molar-refractivity contribution is 7.87. The fraction of sp³-hybridized carbons (Fsp3) is 1.00. The van der Waals surface area contributed by atoms with Gasteiger partial charge in [0, 0.05) is 25.2 Å². The summed E-state index contributed by atoms with van der Waals surface area (Å²) >= 11 is 0. The number of nitrogens with zero attached hydrogens (tertiary/aromatic N) is 1. The van der Waals surface area contributed by atoms with Gasteiger partial charge in [-0.25, -0.2) is 0 Å². The molecule has 3 atom stereocenters. The molecule has 1 saturated heterocycles. The van der Waals surface area contributed by atoms with Crippen molar-refractivity contribution in [2.24, 2.45) is 11.7 Å². The van der Waals surface area contributed by atoms with Gasteiger partial charge in [0.1, 0.15) is 0 Å². The summed E-state index contributed by atoms with van der Waals surface area (Å²) < 4.78 is 27.6. The number of nitrogens with two attached hydrogens (primary N) is 1. The standard InChI is InChI=1S/C8H17N3O2S/c1-6-2-3-11(5-6)14(12,13)10-8-4-7(8)9/h6-8,10H,2-5,9H2,1H3/t6-,7-,8+/m1/s1. The molecule has 5 nitrogen and oxygen atoms in total. The summed E-state index contributed by atoms with van der Waals surface area (Å²) in [6, 6.07) is -0.0132. The summed E-state index contributed by atoms with van der Waals surface area (Å²) in [5.41, 5.74) is 5.55. The van der Waals surface area contributed by atoms with Crippen LogP contribution in [-0.4, -0.2) is 37.9 Å². The van der Waals surface area contributed by atoms with Crippen molar-refractivity contribution < 1.29 is 8.42 Å². The lowest BCUT2D eigenvalue weighted by atomic mass is 10.2. The fourth-order valence-electron chi connectivity index (χ4n) is 1.73. The molecular formula is C8H17N3O2S. The third kappa shape index (κ3) is 2.08. The van der Waals surface area contributed by atoms with Gasteiger partial charge in [0.2, 0.25) is 0 Å². The van der Waals surface area contributed by atoms with Gasteiger partial charge in [0.25, 0.3) is 10.2 Å². The van der Waals surface area contributed by atoms with E-state index in [-0.39, 0.29) is 12.1 Å². The van der Waals surface area contributed by atoms with Crippen molar-refractivity contribution in [3.63, 3.8) is 0 Å². The van der Waals surface area contributed by atoms with E-state index in [9.17, 15) is 8.42 Å². The van der Waals surface area contributed by atoms with Gasteiger partial charge in [0.05, 0.1) is 0 Å². The van der Waals surface area contributed by atoms with Gasteiger partial charge >= 0.3 is 0 Å². The Labute approximate surface area is 84.8 Å². The average molecular weight is 219 g/mol. The maximum Gasteiger partial charge on any atom is 0.279 e. The van der Waals surface area contributed by atoms with Crippen molar-refractivity contribution in [2.75, 3.05) is 13.1 Å². The lowest BCUT2D eigenvalue weighted by Crippen LogP contribution is -2.41. The zero-order valence-corrected chi connectivity index (χ0v) is 9.13. The van der Waals surface area contributed by atoms with Crippen molar-refractivity contribution in [1.29, 1.82) is 0 Å². The second-order valence-corrected chi connectivity index (χ2v) is 6.08. The summed E-state index contributed by atoms with van der Waals surface area (Å²) in [5.74, 6) is 0.472. The van der Waals surface area contributed by atoms with Crippen LogP contribution in [0.3, 0.4) is 0 Å². The van der Waals surface area contributed by atoms with Gasteiger partial charge in [0.15, 0.2) is 0 Å². The molecule has 2 rings (SSSR count). The summed E-state index contributed by atoms with van der Waals surface area (Å²) in [7, 11) is -3.26. The predicted octanol–water partition coefficient (Wildman–Crippen LogP) is -0.738. The second-order valence-electron chi connectivity index (χ2n) is 4.38. The van der Waals surface area contributed by atoms with E-state index in [2.05, 4.69) is 11.6 Å². The summed E-state index contributed by atoms with van der Waals surface area (Å²) in [6.45, 7) is 3.34. The number of nitrogens with one attached hydrogen (secondary N) is 1. The monoisotopic (exact) mass is 219 g/mol. The maximum absolute atomic E-state index is 11.7.